The molecule has 0 amide bonds. The molecule has 2 aromatic rings. The predicted octanol–water partition coefficient (Wildman–Crippen LogP) is 3.52. The summed E-state index contributed by atoms with van der Waals surface area (Å²) in [5.74, 6) is -0.313. The number of hydrogen-bond donors (Lipinski definition) is 0. The highest BCUT2D eigenvalue weighted by Gasteiger charge is 2.31. The van der Waals surface area contributed by atoms with Crippen LogP contribution in [0.15, 0.2) is 42.7 Å². The van der Waals surface area contributed by atoms with E-state index in [9.17, 15) is 13.2 Å². The van der Waals surface area contributed by atoms with Crippen molar-refractivity contribution in [1.29, 1.82) is 5.26 Å². The van der Waals surface area contributed by atoms with Crippen LogP contribution in [0.2, 0.25) is 0 Å². The van der Waals surface area contributed by atoms with E-state index >= 15 is 0 Å². The van der Waals surface area contributed by atoms with Gasteiger partial charge in [-0.15, -0.1) is 13.2 Å². The van der Waals surface area contributed by atoms with Gasteiger partial charge in [-0.2, -0.15) is 5.26 Å². The molecule has 3 nitrogen and oxygen atoms in total. The van der Waals surface area contributed by atoms with E-state index in [-0.39, 0.29) is 5.75 Å². The molecular formula is C13H7F3N2O. The topological polar surface area (TPSA) is 45.9 Å². The summed E-state index contributed by atoms with van der Waals surface area (Å²) in [6, 6.07) is 8.96. The van der Waals surface area contributed by atoms with E-state index in [1.807, 2.05) is 6.07 Å². The molecule has 0 unspecified atom stereocenters. The lowest BCUT2D eigenvalue weighted by Gasteiger charge is -2.10. The molecule has 0 saturated heterocycles. The number of aromatic nitrogens is 1. The molecule has 0 bridgehead atoms. The average Bonchev–Trinajstić information content (AvgIpc) is 2.37. The third-order valence-electron chi connectivity index (χ3n) is 2.27. The second-order valence-electron chi connectivity index (χ2n) is 3.65. The number of rotatable bonds is 2. The Kier molecular flexibility index (Phi) is 3.38. The minimum Gasteiger partial charge on any atom is -0.406 e. The van der Waals surface area contributed by atoms with Crippen LogP contribution < -0.4 is 4.74 Å². The van der Waals surface area contributed by atoms with Crippen molar-refractivity contribution in [2.45, 2.75) is 6.36 Å². The van der Waals surface area contributed by atoms with Crippen molar-refractivity contribution in [3.05, 3.63) is 48.3 Å². The Bertz CT molecular complexity index is 632. The molecule has 1 aromatic carbocycles. The van der Waals surface area contributed by atoms with Crippen LogP contribution in [0, 0.1) is 11.3 Å². The van der Waals surface area contributed by atoms with E-state index in [0.29, 0.717) is 16.7 Å². The quantitative estimate of drug-likeness (QED) is 0.833. The smallest absolute Gasteiger partial charge is 0.406 e. The summed E-state index contributed by atoms with van der Waals surface area (Å²) >= 11 is 0. The summed E-state index contributed by atoms with van der Waals surface area (Å²) in [7, 11) is 0. The summed E-state index contributed by atoms with van der Waals surface area (Å²) < 4.78 is 40.2. The van der Waals surface area contributed by atoms with Crippen LogP contribution in [-0.4, -0.2) is 11.3 Å². The summed E-state index contributed by atoms with van der Waals surface area (Å²) in [4.78, 5) is 3.85. The molecule has 0 saturated carbocycles. The van der Waals surface area contributed by atoms with Crippen LogP contribution in [-0.2, 0) is 0 Å². The molecular weight excluding hydrogens is 257 g/mol. The molecule has 6 heteroatoms. The van der Waals surface area contributed by atoms with Gasteiger partial charge in [0, 0.05) is 18.0 Å². The van der Waals surface area contributed by atoms with Crippen LogP contribution in [0.4, 0.5) is 13.2 Å². The Morgan fingerprint density at radius 3 is 2.58 bits per heavy atom. The van der Waals surface area contributed by atoms with Gasteiger partial charge in [0.25, 0.3) is 0 Å². The third-order valence-corrected chi connectivity index (χ3v) is 2.27. The zero-order valence-electron chi connectivity index (χ0n) is 9.48. The Balaban J connectivity index is 2.35. The van der Waals surface area contributed by atoms with Crippen molar-refractivity contribution in [3.8, 4) is 22.9 Å². The Morgan fingerprint density at radius 1 is 1.11 bits per heavy atom. The van der Waals surface area contributed by atoms with Gasteiger partial charge in [-0.3, -0.25) is 4.98 Å². The number of ether oxygens (including phenoxy) is 1. The standard InChI is InChI=1S/C13H7F3N2O/c14-13(15,16)19-12-3-1-2-10(5-12)11-4-9(6-17)7-18-8-11/h1-5,7-8H. The number of nitrogens with zero attached hydrogens (tertiary/aromatic N) is 2. The van der Waals surface area contributed by atoms with E-state index in [1.54, 1.807) is 12.1 Å². The average molecular weight is 264 g/mol. The van der Waals surface area contributed by atoms with Crippen molar-refractivity contribution in [2.75, 3.05) is 0 Å². The lowest BCUT2D eigenvalue weighted by Crippen LogP contribution is -2.17. The van der Waals surface area contributed by atoms with Crippen LogP contribution in [0.3, 0.4) is 0 Å². The van der Waals surface area contributed by atoms with Crippen molar-refractivity contribution in [2.24, 2.45) is 0 Å². The first-order chi connectivity index (χ1) is 8.98. The zero-order chi connectivity index (χ0) is 13.9. The molecule has 19 heavy (non-hydrogen) atoms. The van der Waals surface area contributed by atoms with E-state index in [1.165, 1.54) is 30.6 Å². The molecule has 0 spiro atoms. The van der Waals surface area contributed by atoms with Crippen LogP contribution in [0.5, 0.6) is 5.75 Å². The van der Waals surface area contributed by atoms with Crippen LogP contribution in [0.1, 0.15) is 5.56 Å². The number of nitriles is 1. The highest BCUT2D eigenvalue weighted by Crippen LogP contribution is 2.27. The van der Waals surface area contributed by atoms with Crippen LogP contribution in [0.25, 0.3) is 11.1 Å². The van der Waals surface area contributed by atoms with E-state index in [0.717, 1.165) is 0 Å². The van der Waals surface area contributed by atoms with Crippen molar-refractivity contribution in [3.63, 3.8) is 0 Å². The van der Waals surface area contributed by atoms with E-state index < -0.39 is 6.36 Å². The lowest BCUT2D eigenvalue weighted by molar-refractivity contribution is -0.274. The molecule has 0 aliphatic carbocycles. The Morgan fingerprint density at radius 2 is 1.89 bits per heavy atom. The summed E-state index contributed by atoms with van der Waals surface area (Å²) in [6.45, 7) is 0. The first-order valence-corrected chi connectivity index (χ1v) is 5.19. The fourth-order valence-electron chi connectivity index (χ4n) is 1.53. The van der Waals surface area contributed by atoms with Crippen molar-refractivity contribution < 1.29 is 17.9 Å². The molecule has 96 valence electrons. The molecule has 0 atom stereocenters. The molecule has 0 radical (unpaired) electrons. The monoisotopic (exact) mass is 264 g/mol. The van der Waals surface area contributed by atoms with Gasteiger partial charge in [-0.1, -0.05) is 12.1 Å². The maximum absolute atomic E-state index is 12.1. The maximum Gasteiger partial charge on any atom is 0.573 e. The molecule has 1 aromatic heterocycles. The van der Waals surface area contributed by atoms with Gasteiger partial charge in [0.15, 0.2) is 0 Å². The summed E-state index contributed by atoms with van der Waals surface area (Å²) in [6.07, 6.45) is -1.89. The minimum absolute atomic E-state index is 0.313. The van der Waals surface area contributed by atoms with Crippen molar-refractivity contribution >= 4 is 0 Å². The zero-order valence-corrected chi connectivity index (χ0v) is 9.48. The number of hydrogen-bond acceptors (Lipinski definition) is 3. The van der Waals surface area contributed by atoms with Gasteiger partial charge in [-0.25, -0.2) is 0 Å². The Labute approximate surface area is 106 Å². The lowest BCUT2D eigenvalue weighted by atomic mass is 10.1. The van der Waals surface area contributed by atoms with Crippen LogP contribution >= 0.6 is 0 Å². The summed E-state index contributed by atoms with van der Waals surface area (Å²) in [5.41, 5.74) is 1.37. The fraction of sp³-hybridized carbons (Fsp3) is 0.0769. The first kappa shape index (κ1) is 12.9. The third kappa shape index (κ3) is 3.45. The molecule has 0 N–H and O–H groups in total. The van der Waals surface area contributed by atoms with Gasteiger partial charge in [-0.05, 0) is 23.8 Å². The van der Waals surface area contributed by atoms with Crippen molar-refractivity contribution in [1.82, 2.24) is 4.98 Å². The molecule has 0 fully saturated rings. The summed E-state index contributed by atoms with van der Waals surface area (Å²) in [5, 5.41) is 8.75. The second kappa shape index (κ2) is 4.98. The van der Waals surface area contributed by atoms with Gasteiger partial charge in [0.1, 0.15) is 11.8 Å². The fourth-order valence-corrected chi connectivity index (χ4v) is 1.53. The molecule has 0 aliphatic rings. The number of benzene rings is 1. The van der Waals surface area contributed by atoms with E-state index in [4.69, 9.17) is 5.26 Å². The SMILES string of the molecule is N#Cc1cncc(-c2cccc(OC(F)(F)F)c2)c1. The normalized spacial score (nSPS) is 10.8. The Hall–Kier alpha value is -2.55. The molecule has 0 aliphatic heterocycles. The van der Waals surface area contributed by atoms with Gasteiger partial charge < -0.3 is 4.74 Å². The highest BCUT2D eigenvalue weighted by molar-refractivity contribution is 5.65. The maximum atomic E-state index is 12.1. The molecule has 2 rings (SSSR count). The molecule has 1 heterocycles. The second-order valence-corrected chi connectivity index (χ2v) is 3.65. The predicted molar refractivity (Wildman–Crippen MR) is 61.1 cm³/mol. The van der Waals surface area contributed by atoms with Gasteiger partial charge in [0.2, 0.25) is 0 Å². The van der Waals surface area contributed by atoms with Gasteiger partial charge in [0.05, 0.1) is 5.56 Å². The highest BCUT2D eigenvalue weighted by atomic mass is 19.4. The largest absolute Gasteiger partial charge is 0.573 e. The van der Waals surface area contributed by atoms with E-state index in [2.05, 4.69) is 9.72 Å². The first-order valence-electron chi connectivity index (χ1n) is 5.19. The minimum atomic E-state index is -4.73. The number of alkyl halides is 3. The van der Waals surface area contributed by atoms with Gasteiger partial charge >= 0.3 is 6.36 Å². The number of pyridine rings is 1. The number of halogens is 3.